The first-order valence-corrected chi connectivity index (χ1v) is 9.53. The zero-order chi connectivity index (χ0) is 21.2. The largest absolute Gasteiger partial charge is 0.496 e. The van der Waals surface area contributed by atoms with Gasteiger partial charge in [-0.15, -0.1) is 0 Å². The van der Waals surface area contributed by atoms with E-state index in [1.165, 1.54) is 7.11 Å². The Morgan fingerprint density at radius 2 is 1.69 bits per heavy atom. The van der Waals surface area contributed by atoms with Crippen molar-refractivity contribution in [1.82, 2.24) is 5.32 Å². The van der Waals surface area contributed by atoms with Gasteiger partial charge in [-0.3, -0.25) is 0 Å². The fourth-order valence-electron chi connectivity index (χ4n) is 3.53. The Balaban J connectivity index is 1.81. The van der Waals surface area contributed by atoms with Crippen LogP contribution in [0.1, 0.15) is 38.7 Å². The summed E-state index contributed by atoms with van der Waals surface area (Å²) >= 11 is 0. The van der Waals surface area contributed by atoms with Crippen LogP contribution in [0.15, 0.2) is 48.5 Å². The average Bonchev–Trinajstić information content (AvgIpc) is 3.40. The Labute approximate surface area is 171 Å². The number of ether oxygens (including phenoxy) is 3. The number of methoxy groups -OCH3 is 2. The van der Waals surface area contributed by atoms with E-state index in [9.17, 15) is 9.59 Å². The number of rotatable bonds is 5. The van der Waals surface area contributed by atoms with Gasteiger partial charge in [0.15, 0.2) is 0 Å². The third-order valence-electron chi connectivity index (χ3n) is 4.97. The summed E-state index contributed by atoms with van der Waals surface area (Å²) in [6.45, 7) is 5.33. The highest BCUT2D eigenvalue weighted by Gasteiger charge is 2.63. The fourth-order valence-corrected chi connectivity index (χ4v) is 3.53. The molecule has 0 bridgehead atoms. The number of carbonyl (C=O) groups excluding carboxylic acids is 2. The number of amides is 1. The second kappa shape index (κ2) is 7.78. The molecule has 1 saturated carbocycles. The standard InChI is InChI=1S/C23H27NO5/c1-22(2,3)29-21(26)24-23(20(25)28-5)14-18(23)16-12-10-15(11-13-16)17-8-6-7-9-19(17)27-4/h6-13,18H,14H2,1-5H3,(H,24,26). The number of benzene rings is 2. The Hall–Kier alpha value is -3.02. The molecular formula is C23H27NO5. The summed E-state index contributed by atoms with van der Waals surface area (Å²) in [5.41, 5.74) is 1.20. The van der Waals surface area contributed by atoms with Crippen molar-refractivity contribution in [3.63, 3.8) is 0 Å². The first kappa shape index (κ1) is 20.7. The van der Waals surface area contributed by atoms with Crippen LogP contribution in [0, 0.1) is 0 Å². The van der Waals surface area contributed by atoms with Crippen LogP contribution in [0.2, 0.25) is 0 Å². The molecule has 1 amide bonds. The molecule has 2 atom stereocenters. The van der Waals surface area contributed by atoms with Crippen LogP contribution in [0.25, 0.3) is 11.1 Å². The third kappa shape index (κ3) is 4.36. The molecule has 1 fully saturated rings. The smallest absolute Gasteiger partial charge is 0.408 e. The Bertz CT molecular complexity index is 900. The summed E-state index contributed by atoms with van der Waals surface area (Å²) in [6, 6.07) is 15.7. The van der Waals surface area contributed by atoms with Gasteiger partial charge in [0.1, 0.15) is 16.9 Å². The maximum absolute atomic E-state index is 12.4. The molecule has 6 heteroatoms. The minimum absolute atomic E-state index is 0.172. The fraction of sp³-hybridized carbons (Fsp3) is 0.391. The van der Waals surface area contributed by atoms with E-state index >= 15 is 0 Å². The number of hydrogen-bond donors (Lipinski definition) is 1. The van der Waals surface area contributed by atoms with Crippen molar-refractivity contribution in [2.75, 3.05) is 14.2 Å². The average molecular weight is 397 g/mol. The third-order valence-corrected chi connectivity index (χ3v) is 4.97. The van der Waals surface area contributed by atoms with Gasteiger partial charge in [-0.2, -0.15) is 0 Å². The summed E-state index contributed by atoms with van der Waals surface area (Å²) in [7, 11) is 2.96. The molecule has 0 aromatic heterocycles. The van der Waals surface area contributed by atoms with Crippen molar-refractivity contribution >= 4 is 12.1 Å². The van der Waals surface area contributed by atoms with Crippen LogP contribution in [0.5, 0.6) is 5.75 Å². The lowest BCUT2D eigenvalue weighted by Gasteiger charge is -2.23. The van der Waals surface area contributed by atoms with E-state index in [4.69, 9.17) is 14.2 Å². The van der Waals surface area contributed by atoms with Crippen molar-refractivity contribution in [1.29, 1.82) is 0 Å². The number of alkyl carbamates (subject to hydrolysis) is 1. The lowest BCUT2D eigenvalue weighted by molar-refractivity contribution is -0.144. The number of para-hydroxylation sites is 1. The minimum Gasteiger partial charge on any atom is -0.496 e. The first-order chi connectivity index (χ1) is 13.7. The van der Waals surface area contributed by atoms with Crippen LogP contribution in [-0.2, 0) is 14.3 Å². The summed E-state index contributed by atoms with van der Waals surface area (Å²) in [4.78, 5) is 24.7. The lowest BCUT2D eigenvalue weighted by Crippen LogP contribution is -2.47. The number of esters is 1. The lowest BCUT2D eigenvalue weighted by atomic mass is 10.00. The molecule has 0 aliphatic heterocycles. The molecule has 2 unspecified atom stereocenters. The topological polar surface area (TPSA) is 73.9 Å². The first-order valence-electron chi connectivity index (χ1n) is 9.53. The predicted molar refractivity (Wildman–Crippen MR) is 110 cm³/mol. The van der Waals surface area contributed by atoms with Crippen LogP contribution in [-0.4, -0.2) is 37.4 Å². The number of nitrogens with one attached hydrogen (secondary N) is 1. The maximum Gasteiger partial charge on any atom is 0.408 e. The van der Waals surface area contributed by atoms with Gasteiger partial charge in [-0.1, -0.05) is 42.5 Å². The number of carbonyl (C=O) groups is 2. The van der Waals surface area contributed by atoms with Crippen molar-refractivity contribution in [3.8, 4) is 16.9 Å². The van der Waals surface area contributed by atoms with Crippen LogP contribution in [0.4, 0.5) is 4.79 Å². The van der Waals surface area contributed by atoms with E-state index in [1.54, 1.807) is 27.9 Å². The Kier molecular flexibility index (Phi) is 5.55. The van der Waals surface area contributed by atoms with Crippen molar-refractivity contribution in [3.05, 3.63) is 54.1 Å². The zero-order valence-electron chi connectivity index (χ0n) is 17.4. The quantitative estimate of drug-likeness (QED) is 0.762. The molecule has 1 N–H and O–H groups in total. The molecule has 2 aromatic rings. The van der Waals surface area contributed by atoms with Gasteiger partial charge in [0.05, 0.1) is 14.2 Å². The molecule has 3 rings (SSSR count). The van der Waals surface area contributed by atoms with E-state index in [-0.39, 0.29) is 5.92 Å². The second-order valence-electron chi connectivity index (χ2n) is 8.17. The molecule has 1 aliphatic rings. The van der Waals surface area contributed by atoms with E-state index in [2.05, 4.69) is 5.32 Å². The maximum atomic E-state index is 12.4. The van der Waals surface area contributed by atoms with Crippen molar-refractivity contribution in [2.24, 2.45) is 0 Å². The van der Waals surface area contributed by atoms with Gasteiger partial charge in [0.2, 0.25) is 0 Å². The monoisotopic (exact) mass is 397 g/mol. The molecule has 1 aliphatic carbocycles. The Morgan fingerprint density at radius 1 is 1.03 bits per heavy atom. The van der Waals surface area contributed by atoms with E-state index < -0.39 is 23.2 Å². The van der Waals surface area contributed by atoms with E-state index in [0.717, 1.165) is 22.4 Å². The van der Waals surface area contributed by atoms with Gasteiger partial charge in [0.25, 0.3) is 0 Å². The van der Waals surface area contributed by atoms with Gasteiger partial charge in [-0.05, 0) is 44.4 Å². The molecule has 0 heterocycles. The molecule has 0 saturated heterocycles. The van der Waals surface area contributed by atoms with Crippen LogP contribution in [0.3, 0.4) is 0 Å². The van der Waals surface area contributed by atoms with Crippen LogP contribution >= 0.6 is 0 Å². The zero-order valence-corrected chi connectivity index (χ0v) is 17.4. The highest BCUT2D eigenvalue weighted by molar-refractivity contribution is 5.91. The predicted octanol–water partition coefficient (Wildman–Crippen LogP) is 4.29. The second-order valence-corrected chi connectivity index (χ2v) is 8.17. The molecule has 29 heavy (non-hydrogen) atoms. The molecule has 2 aromatic carbocycles. The Morgan fingerprint density at radius 3 is 2.28 bits per heavy atom. The highest BCUT2D eigenvalue weighted by atomic mass is 16.6. The van der Waals surface area contributed by atoms with Crippen molar-refractivity contribution in [2.45, 2.75) is 44.2 Å². The van der Waals surface area contributed by atoms with Gasteiger partial charge in [-0.25, -0.2) is 9.59 Å². The minimum atomic E-state index is -1.09. The summed E-state index contributed by atoms with van der Waals surface area (Å²) in [6.07, 6.45) is -0.163. The van der Waals surface area contributed by atoms with Crippen LogP contribution < -0.4 is 10.1 Å². The van der Waals surface area contributed by atoms with Crippen molar-refractivity contribution < 1.29 is 23.8 Å². The molecule has 0 radical (unpaired) electrons. The summed E-state index contributed by atoms with van der Waals surface area (Å²) in [5, 5.41) is 2.73. The van der Waals surface area contributed by atoms with E-state index in [0.29, 0.717) is 6.42 Å². The van der Waals surface area contributed by atoms with E-state index in [1.807, 2.05) is 48.5 Å². The molecule has 6 nitrogen and oxygen atoms in total. The molecule has 154 valence electrons. The summed E-state index contributed by atoms with van der Waals surface area (Å²) in [5.74, 6) is 0.151. The molecular weight excluding hydrogens is 370 g/mol. The van der Waals surface area contributed by atoms with Gasteiger partial charge < -0.3 is 19.5 Å². The van der Waals surface area contributed by atoms with Gasteiger partial charge in [0, 0.05) is 11.5 Å². The number of hydrogen-bond acceptors (Lipinski definition) is 5. The summed E-state index contributed by atoms with van der Waals surface area (Å²) < 4.78 is 15.7. The van der Waals surface area contributed by atoms with Gasteiger partial charge >= 0.3 is 12.1 Å². The SMILES string of the molecule is COC(=O)C1(NC(=O)OC(C)(C)C)CC1c1ccc(-c2ccccc2OC)cc1. The highest BCUT2D eigenvalue weighted by Crippen LogP contribution is 2.52. The molecule has 0 spiro atoms. The normalized spacial score (nSPS) is 20.5.